The molecule has 0 amide bonds. The number of para-hydroxylation sites is 3. The van der Waals surface area contributed by atoms with E-state index in [1.807, 2.05) is 24.3 Å². The Bertz CT molecular complexity index is 2810. The van der Waals surface area contributed by atoms with Gasteiger partial charge in [-0.3, -0.25) is 4.57 Å². The molecule has 0 unspecified atom stereocenters. The molecule has 0 atom stereocenters. The molecule has 6 aromatic carbocycles. The highest BCUT2D eigenvalue weighted by Gasteiger charge is 2.26. The van der Waals surface area contributed by atoms with Crippen LogP contribution >= 0.6 is 0 Å². The molecule has 10 aromatic rings. The zero-order chi connectivity index (χ0) is 27.5. The van der Waals surface area contributed by atoms with Gasteiger partial charge < -0.3 is 9.25 Å². The molecule has 4 heterocycles. The van der Waals surface area contributed by atoms with Crippen LogP contribution in [0, 0.1) is 6.57 Å². The van der Waals surface area contributed by atoms with Gasteiger partial charge in [0, 0.05) is 43.1 Å². The Labute approximate surface area is 238 Å². The molecule has 0 spiro atoms. The molecule has 0 aliphatic heterocycles. The Hall–Kier alpha value is -5.99. The van der Waals surface area contributed by atoms with Crippen LogP contribution in [0.15, 0.2) is 115 Å². The highest BCUT2D eigenvalue weighted by molar-refractivity contribution is 6.37. The van der Waals surface area contributed by atoms with E-state index in [0.717, 1.165) is 38.1 Å². The number of aromatic nitrogens is 4. The van der Waals surface area contributed by atoms with Gasteiger partial charge in [0.1, 0.15) is 0 Å². The molecule has 192 valence electrons. The van der Waals surface area contributed by atoms with E-state index < -0.39 is 0 Å². The van der Waals surface area contributed by atoms with Gasteiger partial charge in [-0.2, -0.15) is 4.98 Å². The van der Waals surface area contributed by atoms with Crippen LogP contribution in [0.4, 0.5) is 5.82 Å². The summed E-state index contributed by atoms with van der Waals surface area (Å²) in [6, 6.07) is 40.4. The number of rotatable bonds is 1. The molecule has 0 radical (unpaired) electrons. The predicted molar refractivity (Wildman–Crippen MR) is 172 cm³/mol. The fourth-order valence-electron chi connectivity index (χ4n) is 7.21. The van der Waals surface area contributed by atoms with E-state index >= 15 is 0 Å². The normalized spacial score (nSPS) is 12.3. The SMILES string of the molecule is [C-]#[N+]c1nc(-n2c3cc4c5ccccc5n5c6ccccc6c(c3c3ccc6ccccc6c32)c45)nc2ccccc12. The van der Waals surface area contributed by atoms with Gasteiger partial charge in [-0.15, -0.1) is 0 Å². The second kappa shape index (κ2) is 7.60. The van der Waals surface area contributed by atoms with Crippen LogP contribution < -0.4 is 0 Å². The average Bonchev–Trinajstić information content (AvgIpc) is 3.68. The van der Waals surface area contributed by atoms with Gasteiger partial charge in [0.25, 0.3) is 5.82 Å². The first-order chi connectivity index (χ1) is 20.8. The lowest BCUT2D eigenvalue weighted by molar-refractivity contribution is 1.02. The maximum atomic E-state index is 7.96. The maximum absolute atomic E-state index is 7.96. The molecular formula is C37H19N5. The minimum atomic E-state index is 0.360. The molecule has 10 rings (SSSR count). The van der Waals surface area contributed by atoms with Gasteiger partial charge in [-0.1, -0.05) is 103 Å². The summed E-state index contributed by atoms with van der Waals surface area (Å²) >= 11 is 0. The fraction of sp³-hybridized carbons (Fsp3) is 0. The molecule has 5 nitrogen and oxygen atoms in total. The Morgan fingerprint density at radius 1 is 0.524 bits per heavy atom. The lowest BCUT2D eigenvalue weighted by Gasteiger charge is -2.08. The smallest absolute Gasteiger partial charge is 0.332 e. The summed E-state index contributed by atoms with van der Waals surface area (Å²) < 4.78 is 4.61. The van der Waals surface area contributed by atoms with Gasteiger partial charge in [-0.25, -0.2) is 0 Å². The molecule has 42 heavy (non-hydrogen) atoms. The van der Waals surface area contributed by atoms with Crippen LogP contribution in [-0.4, -0.2) is 18.9 Å². The standard InChI is InChI=1S/C37H19N5/c1-38-36-24-13-4-7-15-28(24)39-37(40-36)42-31-20-27-23-12-5-8-16-29(23)41-30-17-9-6-14-25(30)33(35(27)41)32(31)26-19-18-21-10-2-3-11-22(21)34(26)42/h2-20H. The number of hydrogen-bond acceptors (Lipinski definition) is 2. The first-order valence-electron chi connectivity index (χ1n) is 14.0. The van der Waals surface area contributed by atoms with Crippen molar-refractivity contribution in [3.05, 3.63) is 127 Å². The van der Waals surface area contributed by atoms with Crippen molar-refractivity contribution in [3.8, 4) is 5.95 Å². The van der Waals surface area contributed by atoms with Crippen molar-refractivity contribution in [3.63, 3.8) is 0 Å². The van der Waals surface area contributed by atoms with Crippen molar-refractivity contribution in [2.75, 3.05) is 0 Å². The van der Waals surface area contributed by atoms with Gasteiger partial charge >= 0.3 is 5.95 Å². The molecule has 0 saturated carbocycles. The van der Waals surface area contributed by atoms with Crippen LogP contribution in [0.2, 0.25) is 0 Å². The summed E-state index contributed by atoms with van der Waals surface area (Å²) in [6.07, 6.45) is 0. The van der Waals surface area contributed by atoms with Crippen molar-refractivity contribution >= 4 is 87.4 Å². The van der Waals surface area contributed by atoms with Crippen molar-refractivity contribution in [2.24, 2.45) is 0 Å². The first kappa shape index (κ1) is 21.8. The minimum absolute atomic E-state index is 0.360. The maximum Gasteiger partial charge on any atom is 0.332 e. The number of hydrogen-bond donors (Lipinski definition) is 0. The summed E-state index contributed by atoms with van der Waals surface area (Å²) in [7, 11) is 0. The quantitative estimate of drug-likeness (QED) is 0.197. The molecular weight excluding hydrogens is 514 g/mol. The highest BCUT2D eigenvalue weighted by Crippen LogP contribution is 2.47. The van der Waals surface area contributed by atoms with Gasteiger partial charge in [0.2, 0.25) is 0 Å². The van der Waals surface area contributed by atoms with Crippen molar-refractivity contribution in [2.45, 2.75) is 0 Å². The molecule has 0 bridgehead atoms. The monoisotopic (exact) mass is 533 g/mol. The van der Waals surface area contributed by atoms with E-state index in [4.69, 9.17) is 16.5 Å². The predicted octanol–water partition coefficient (Wildman–Crippen LogP) is 9.58. The summed E-state index contributed by atoms with van der Waals surface area (Å²) in [5, 5.41) is 10.2. The Morgan fingerprint density at radius 2 is 1.21 bits per heavy atom. The van der Waals surface area contributed by atoms with E-state index in [-0.39, 0.29) is 0 Å². The van der Waals surface area contributed by atoms with E-state index in [0.29, 0.717) is 11.8 Å². The zero-order valence-corrected chi connectivity index (χ0v) is 22.2. The molecule has 5 heteroatoms. The summed E-state index contributed by atoms with van der Waals surface area (Å²) in [4.78, 5) is 13.8. The third kappa shape index (κ3) is 2.53. The topological polar surface area (TPSA) is 39.5 Å². The second-order valence-corrected chi connectivity index (χ2v) is 10.9. The molecule has 0 N–H and O–H groups in total. The third-order valence-electron chi connectivity index (χ3n) is 8.86. The Kier molecular flexibility index (Phi) is 3.94. The average molecular weight is 534 g/mol. The molecule has 0 saturated heterocycles. The fourth-order valence-corrected chi connectivity index (χ4v) is 7.21. The van der Waals surface area contributed by atoms with Gasteiger partial charge in [0.15, 0.2) is 0 Å². The second-order valence-electron chi connectivity index (χ2n) is 10.9. The number of nitrogens with zero attached hydrogens (tertiary/aromatic N) is 5. The van der Waals surface area contributed by atoms with Gasteiger partial charge in [-0.05, 0) is 29.7 Å². The van der Waals surface area contributed by atoms with Gasteiger partial charge in [0.05, 0.1) is 33.1 Å². The van der Waals surface area contributed by atoms with E-state index in [9.17, 15) is 0 Å². The lowest BCUT2D eigenvalue weighted by Crippen LogP contribution is -2.02. The molecule has 0 aliphatic carbocycles. The first-order valence-corrected chi connectivity index (χ1v) is 14.0. The molecule has 0 fully saturated rings. The van der Waals surface area contributed by atoms with E-state index in [2.05, 4.69) is 105 Å². The van der Waals surface area contributed by atoms with Crippen molar-refractivity contribution < 1.29 is 0 Å². The Morgan fingerprint density at radius 3 is 2.05 bits per heavy atom. The van der Waals surface area contributed by atoms with Crippen molar-refractivity contribution in [1.82, 2.24) is 18.9 Å². The highest BCUT2D eigenvalue weighted by atomic mass is 15.2. The Balaban J connectivity index is 1.54. The number of benzene rings is 6. The van der Waals surface area contributed by atoms with E-state index in [1.165, 1.54) is 43.5 Å². The summed E-state index contributed by atoms with van der Waals surface area (Å²) in [6.45, 7) is 7.96. The van der Waals surface area contributed by atoms with Crippen molar-refractivity contribution in [1.29, 1.82) is 0 Å². The van der Waals surface area contributed by atoms with Crippen LogP contribution in [-0.2, 0) is 0 Å². The summed E-state index contributed by atoms with van der Waals surface area (Å²) in [5.74, 6) is 0.871. The van der Waals surface area contributed by atoms with Crippen LogP contribution in [0.25, 0.3) is 92.4 Å². The minimum Gasteiger partial charge on any atom is -0.360 e. The van der Waals surface area contributed by atoms with Crippen LogP contribution in [0.5, 0.6) is 0 Å². The summed E-state index contributed by atoms with van der Waals surface area (Å²) in [5.41, 5.74) is 6.48. The zero-order valence-electron chi connectivity index (χ0n) is 22.2. The third-order valence-corrected chi connectivity index (χ3v) is 8.86. The van der Waals surface area contributed by atoms with E-state index in [1.54, 1.807) is 0 Å². The largest absolute Gasteiger partial charge is 0.360 e. The van der Waals surface area contributed by atoms with Crippen LogP contribution in [0.3, 0.4) is 0 Å². The number of fused-ring (bicyclic) bond motifs is 13. The van der Waals surface area contributed by atoms with Crippen LogP contribution in [0.1, 0.15) is 0 Å². The lowest BCUT2D eigenvalue weighted by atomic mass is 10.0. The molecule has 0 aliphatic rings. The molecule has 4 aromatic heterocycles.